The number of phosphoric acid groups is 1. The summed E-state index contributed by atoms with van der Waals surface area (Å²) in [7, 11) is -4.43. The van der Waals surface area contributed by atoms with Gasteiger partial charge in [-0.05, 0) is 51.4 Å². The number of amides is 1. The SMILES string of the molecule is CC/C=C\C/C=C\C/C=C\C/C=C\C/C=C\CCCC(=O)OCC(O)COP(=O)(O)OCCNC(=O)CCCCCCCCCCCCCCCCCCCCCCCC. The van der Waals surface area contributed by atoms with E-state index in [2.05, 4.69) is 73.8 Å². The Balaban J connectivity index is 3.60. The fraction of sp³-hybridized carbons (Fsp3) is 0.760. The molecule has 0 spiro atoms. The van der Waals surface area contributed by atoms with Gasteiger partial charge in [0.1, 0.15) is 12.7 Å². The van der Waals surface area contributed by atoms with E-state index >= 15 is 0 Å². The minimum absolute atomic E-state index is 0.0752. The molecule has 0 aliphatic carbocycles. The number of unbranched alkanes of at least 4 members (excludes halogenated alkanes) is 22. The van der Waals surface area contributed by atoms with Crippen molar-refractivity contribution in [3.8, 4) is 0 Å². The number of carbonyl (C=O) groups is 2. The van der Waals surface area contributed by atoms with E-state index in [0.29, 0.717) is 12.8 Å². The van der Waals surface area contributed by atoms with Crippen LogP contribution in [0.15, 0.2) is 60.8 Å². The van der Waals surface area contributed by atoms with Crippen molar-refractivity contribution in [3.63, 3.8) is 0 Å². The first-order valence-corrected chi connectivity index (χ1v) is 25.8. The number of phosphoric ester groups is 1. The Morgan fingerprint density at radius 3 is 1.40 bits per heavy atom. The zero-order valence-electron chi connectivity index (χ0n) is 38.4. The number of aliphatic hydroxyl groups is 1. The number of ether oxygens (including phenoxy) is 1. The zero-order chi connectivity index (χ0) is 43.9. The molecule has 9 nitrogen and oxygen atoms in total. The maximum atomic E-state index is 12.1. The summed E-state index contributed by atoms with van der Waals surface area (Å²) < 4.78 is 26.9. The van der Waals surface area contributed by atoms with E-state index < -0.39 is 26.5 Å². The molecule has 60 heavy (non-hydrogen) atoms. The first-order valence-electron chi connectivity index (χ1n) is 24.3. The number of nitrogens with one attached hydrogen (secondary N) is 1. The second-order valence-corrected chi connectivity index (χ2v) is 17.5. The third kappa shape index (κ3) is 46.8. The summed E-state index contributed by atoms with van der Waals surface area (Å²) in [5, 5.41) is 12.7. The smallest absolute Gasteiger partial charge is 0.463 e. The van der Waals surface area contributed by atoms with Crippen LogP contribution in [-0.2, 0) is 27.9 Å². The number of allylic oxidation sites excluding steroid dienone is 10. The van der Waals surface area contributed by atoms with Gasteiger partial charge in [0.15, 0.2) is 0 Å². The van der Waals surface area contributed by atoms with E-state index in [1.807, 2.05) is 6.08 Å². The van der Waals surface area contributed by atoms with Crippen LogP contribution in [0.4, 0.5) is 0 Å². The topological polar surface area (TPSA) is 131 Å². The van der Waals surface area contributed by atoms with Crippen molar-refractivity contribution in [2.75, 3.05) is 26.4 Å². The lowest BCUT2D eigenvalue weighted by atomic mass is 10.0. The Hall–Kier alpha value is -2.29. The summed E-state index contributed by atoms with van der Waals surface area (Å²) in [6.07, 6.45) is 56.0. The molecule has 0 heterocycles. The van der Waals surface area contributed by atoms with Gasteiger partial charge in [0.2, 0.25) is 5.91 Å². The molecule has 2 unspecified atom stereocenters. The lowest BCUT2D eigenvalue weighted by molar-refractivity contribution is -0.147. The van der Waals surface area contributed by atoms with E-state index in [1.54, 1.807) is 0 Å². The highest BCUT2D eigenvalue weighted by Gasteiger charge is 2.23. The highest BCUT2D eigenvalue weighted by Crippen LogP contribution is 2.42. The van der Waals surface area contributed by atoms with Crippen molar-refractivity contribution >= 4 is 19.7 Å². The summed E-state index contributed by atoms with van der Waals surface area (Å²) >= 11 is 0. The molecular formula is C50H90NO8P. The minimum atomic E-state index is -4.43. The van der Waals surface area contributed by atoms with Crippen LogP contribution in [0.5, 0.6) is 0 Å². The first kappa shape index (κ1) is 57.7. The van der Waals surface area contributed by atoms with Gasteiger partial charge >= 0.3 is 13.8 Å². The van der Waals surface area contributed by atoms with Crippen molar-refractivity contribution in [2.45, 2.75) is 219 Å². The van der Waals surface area contributed by atoms with Crippen LogP contribution in [0.2, 0.25) is 0 Å². The quantitative estimate of drug-likeness (QED) is 0.0239. The Morgan fingerprint density at radius 2 is 0.950 bits per heavy atom. The van der Waals surface area contributed by atoms with Crippen molar-refractivity contribution in [1.82, 2.24) is 5.32 Å². The fourth-order valence-corrected chi connectivity index (χ4v) is 7.35. The molecule has 2 atom stereocenters. The molecule has 0 saturated carbocycles. The van der Waals surface area contributed by atoms with Crippen molar-refractivity contribution in [3.05, 3.63) is 60.8 Å². The normalized spacial score (nSPS) is 13.7. The van der Waals surface area contributed by atoms with Gasteiger partial charge in [-0.3, -0.25) is 18.6 Å². The number of rotatable bonds is 45. The number of carbonyl (C=O) groups excluding carboxylic acids is 2. The van der Waals surface area contributed by atoms with E-state index in [4.69, 9.17) is 13.8 Å². The molecular weight excluding hydrogens is 774 g/mol. The summed E-state index contributed by atoms with van der Waals surface area (Å²) in [5.74, 6) is -0.572. The van der Waals surface area contributed by atoms with Crippen LogP contribution in [0, 0.1) is 0 Å². The lowest BCUT2D eigenvalue weighted by Crippen LogP contribution is -2.27. The Labute approximate surface area is 368 Å². The molecule has 0 aliphatic heterocycles. The third-order valence-electron chi connectivity index (χ3n) is 10.2. The molecule has 0 aromatic heterocycles. The average molecular weight is 864 g/mol. The van der Waals surface area contributed by atoms with E-state index in [0.717, 1.165) is 57.8 Å². The summed E-state index contributed by atoms with van der Waals surface area (Å²) in [6, 6.07) is 0. The van der Waals surface area contributed by atoms with Crippen LogP contribution in [0.1, 0.15) is 213 Å². The van der Waals surface area contributed by atoms with Crippen LogP contribution in [0.25, 0.3) is 0 Å². The summed E-state index contributed by atoms with van der Waals surface area (Å²) in [4.78, 5) is 34.0. The number of esters is 1. The third-order valence-corrected chi connectivity index (χ3v) is 11.2. The van der Waals surface area contributed by atoms with Gasteiger partial charge in [0, 0.05) is 19.4 Å². The highest BCUT2D eigenvalue weighted by atomic mass is 31.2. The molecule has 0 bridgehead atoms. The number of aliphatic hydroxyl groups excluding tert-OH is 1. The van der Waals surface area contributed by atoms with Crippen molar-refractivity contribution in [1.29, 1.82) is 0 Å². The molecule has 0 aromatic rings. The predicted octanol–water partition coefficient (Wildman–Crippen LogP) is 14.1. The summed E-state index contributed by atoms with van der Waals surface area (Å²) in [6.45, 7) is 3.40. The molecule has 0 aromatic carbocycles. The molecule has 0 rings (SSSR count). The fourth-order valence-electron chi connectivity index (χ4n) is 6.59. The van der Waals surface area contributed by atoms with Gasteiger partial charge in [-0.1, -0.05) is 209 Å². The maximum absolute atomic E-state index is 12.1. The van der Waals surface area contributed by atoms with E-state index in [-0.39, 0.29) is 32.1 Å². The molecule has 10 heteroatoms. The van der Waals surface area contributed by atoms with Crippen LogP contribution < -0.4 is 5.32 Å². The Morgan fingerprint density at radius 1 is 0.533 bits per heavy atom. The zero-order valence-corrected chi connectivity index (χ0v) is 39.3. The van der Waals surface area contributed by atoms with Crippen molar-refractivity contribution in [2.24, 2.45) is 0 Å². The van der Waals surface area contributed by atoms with Gasteiger partial charge in [0.05, 0.1) is 13.2 Å². The molecule has 0 saturated heterocycles. The van der Waals surface area contributed by atoms with Gasteiger partial charge in [0.25, 0.3) is 0 Å². The molecule has 3 N–H and O–H groups in total. The van der Waals surface area contributed by atoms with Crippen LogP contribution in [0.3, 0.4) is 0 Å². The van der Waals surface area contributed by atoms with E-state index in [1.165, 1.54) is 122 Å². The largest absolute Gasteiger partial charge is 0.472 e. The van der Waals surface area contributed by atoms with Crippen molar-refractivity contribution < 1.29 is 37.9 Å². The Bertz CT molecular complexity index is 1170. The lowest BCUT2D eigenvalue weighted by Gasteiger charge is -2.15. The predicted molar refractivity (Wildman–Crippen MR) is 252 cm³/mol. The molecule has 1 amide bonds. The Kier molecular flexibility index (Phi) is 44.5. The monoisotopic (exact) mass is 864 g/mol. The van der Waals surface area contributed by atoms with Gasteiger partial charge in [-0.25, -0.2) is 4.57 Å². The second-order valence-electron chi connectivity index (χ2n) is 16.1. The molecule has 0 fully saturated rings. The first-order chi connectivity index (χ1) is 29.3. The second kappa shape index (κ2) is 46.2. The summed E-state index contributed by atoms with van der Waals surface area (Å²) in [5.41, 5.74) is 0. The molecule has 0 radical (unpaired) electrons. The molecule has 348 valence electrons. The maximum Gasteiger partial charge on any atom is 0.472 e. The van der Waals surface area contributed by atoms with Crippen LogP contribution in [-0.4, -0.2) is 54.3 Å². The minimum Gasteiger partial charge on any atom is -0.463 e. The van der Waals surface area contributed by atoms with Crippen LogP contribution >= 0.6 is 7.82 Å². The van der Waals surface area contributed by atoms with E-state index in [9.17, 15) is 24.2 Å². The van der Waals surface area contributed by atoms with Gasteiger partial charge < -0.3 is 20.1 Å². The number of hydrogen-bond donors (Lipinski definition) is 3. The van der Waals surface area contributed by atoms with Gasteiger partial charge in [-0.15, -0.1) is 0 Å². The molecule has 0 aliphatic rings. The standard InChI is InChI=1S/C50H90NO8P/c1-3-5-7-9-11-13-15-17-19-21-22-23-24-25-27-28-30-32-34-36-38-40-42-49(53)51-44-45-58-60(55,56)59-47-48(52)46-57-50(54)43-41-39-37-35-33-31-29-26-20-18-16-14-12-10-8-6-4-2/h6,8,12,14,18,20,29,31,35,37,48,52H,3-5,7,9-11,13,15-17,19,21-28,30,32-34,36,38-47H2,1-2H3,(H,51,53)(H,55,56)/b8-6-,14-12-,20-18-,31-29-,37-35-. The highest BCUT2D eigenvalue weighted by molar-refractivity contribution is 7.47. The van der Waals surface area contributed by atoms with Gasteiger partial charge in [-0.2, -0.15) is 0 Å². The number of hydrogen-bond acceptors (Lipinski definition) is 7. The average Bonchev–Trinajstić information content (AvgIpc) is 3.23.